The van der Waals surface area contributed by atoms with E-state index in [9.17, 15) is 9.59 Å². The van der Waals surface area contributed by atoms with Crippen LogP contribution in [0, 0.1) is 11.8 Å². The fourth-order valence-corrected chi connectivity index (χ4v) is 4.66. The van der Waals surface area contributed by atoms with E-state index in [0.29, 0.717) is 5.92 Å². The zero-order valence-corrected chi connectivity index (χ0v) is 17.6. The number of amides is 2. The maximum Gasteiger partial charge on any atom is 0.238 e. The van der Waals surface area contributed by atoms with Crippen LogP contribution in [0.5, 0.6) is 0 Å². The van der Waals surface area contributed by atoms with Crippen LogP contribution in [-0.2, 0) is 9.59 Å². The summed E-state index contributed by atoms with van der Waals surface area (Å²) in [6.07, 6.45) is 4.69. The van der Waals surface area contributed by atoms with Gasteiger partial charge in [0.2, 0.25) is 11.8 Å². The van der Waals surface area contributed by atoms with Gasteiger partial charge < -0.3 is 10.2 Å². The molecule has 3 rings (SSSR count). The van der Waals surface area contributed by atoms with E-state index < -0.39 is 0 Å². The Morgan fingerprint density at radius 2 is 1.57 bits per heavy atom. The summed E-state index contributed by atoms with van der Waals surface area (Å²) < 4.78 is 0. The number of hydrogen-bond acceptors (Lipinski definition) is 3. The third-order valence-corrected chi connectivity index (χ3v) is 6.29. The number of carbonyl (C=O) groups is 2. The van der Waals surface area contributed by atoms with Crippen LogP contribution >= 0.6 is 0 Å². The maximum atomic E-state index is 13.3. The Kier molecular flexibility index (Phi) is 7.11. The molecule has 2 atom stereocenters. The topological polar surface area (TPSA) is 52.7 Å². The van der Waals surface area contributed by atoms with Crippen LogP contribution in [0.3, 0.4) is 0 Å². The van der Waals surface area contributed by atoms with Gasteiger partial charge in [-0.3, -0.25) is 14.5 Å². The molecule has 1 heterocycles. The van der Waals surface area contributed by atoms with Crippen LogP contribution < -0.4 is 5.32 Å². The van der Waals surface area contributed by atoms with Crippen LogP contribution in [0.15, 0.2) is 30.3 Å². The van der Waals surface area contributed by atoms with Gasteiger partial charge in [-0.15, -0.1) is 0 Å². The standard InChI is InChI=1S/C23H35N3O2/c1-17(2)23(28)26-15-13-25(14-16-26)21(20-11-7-8-12-20)22(27)24-18(3)19-9-5-4-6-10-19/h4-6,9-10,17-18,20-21H,7-8,11-16H2,1-3H3,(H,24,27)/t18-,21+/m1/s1. The van der Waals surface area contributed by atoms with E-state index in [1.165, 1.54) is 12.8 Å². The van der Waals surface area contributed by atoms with Crippen molar-refractivity contribution in [3.63, 3.8) is 0 Å². The molecule has 0 bridgehead atoms. The smallest absolute Gasteiger partial charge is 0.238 e. The van der Waals surface area contributed by atoms with Crippen LogP contribution in [0.2, 0.25) is 0 Å². The van der Waals surface area contributed by atoms with Crippen molar-refractivity contribution in [2.75, 3.05) is 26.2 Å². The third-order valence-electron chi connectivity index (χ3n) is 6.29. The highest BCUT2D eigenvalue weighted by molar-refractivity contribution is 5.83. The summed E-state index contributed by atoms with van der Waals surface area (Å²) in [4.78, 5) is 29.9. The van der Waals surface area contributed by atoms with Gasteiger partial charge in [-0.1, -0.05) is 57.0 Å². The van der Waals surface area contributed by atoms with Crippen LogP contribution in [0.25, 0.3) is 0 Å². The molecule has 1 aromatic rings. The second-order valence-electron chi connectivity index (χ2n) is 8.65. The monoisotopic (exact) mass is 385 g/mol. The Bertz CT molecular complexity index is 647. The molecule has 0 aromatic heterocycles. The molecular weight excluding hydrogens is 350 g/mol. The van der Waals surface area contributed by atoms with E-state index in [1.54, 1.807) is 0 Å². The third kappa shape index (κ3) is 4.93. The zero-order chi connectivity index (χ0) is 20.1. The molecule has 1 N–H and O–H groups in total. The Morgan fingerprint density at radius 3 is 2.14 bits per heavy atom. The summed E-state index contributed by atoms with van der Waals surface area (Å²) in [5, 5.41) is 3.26. The molecule has 28 heavy (non-hydrogen) atoms. The number of nitrogens with zero attached hydrogens (tertiary/aromatic N) is 2. The van der Waals surface area contributed by atoms with Crippen molar-refractivity contribution < 1.29 is 9.59 Å². The first-order chi connectivity index (χ1) is 13.5. The summed E-state index contributed by atoms with van der Waals surface area (Å²) in [7, 11) is 0. The van der Waals surface area contributed by atoms with Crippen molar-refractivity contribution in [2.24, 2.45) is 11.8 Å². The lowest BCUT2D eigenvalue weighted by Gasteiger charge is -2.41. The zero-order valence-electron chi connectivity index (χ0n) is 17.6. The van der Waals surface area contributed by atoms with Crippen LogP contribution in [0.1, 0.15) is 58.1 Å². The number of piperazine rings is 1. The molecule has 154 valence electrons. The first-order valence-electron chi connectivity index (χ1n) is 10.9. The number of rotatable bonds is 6. The molecule has 5 heteroatoms. The summed E-state index contributed by atoms with van der Waals surface area (Å²) in [5.74, 6) is 0.827. The predicted octanol–water partition coefficient (Wildman–Crippen LogP) is 3.22. The minimum atomic E-state index is -0.0787. The molecule has 1 aliphatic heterocycles. The van der Waals surface area contributed by atoms with E-state index >= 15 is 0 Å². The van der Waals surface area contributed by atoms with Crippen LogP contribution in [0.4, 0.5) is 0 Å². The van der Waals surface area contributed by atoms with Gasteiger partial charge in [0.05, 0.1) is 12.1 Å². The number of benzene rings is 1. The van der Waals surface area contributed by atoms with Gasteiger partial charge in [0, 0.05) is 32.1 Å². The first-order valence-corrected chi connectivity index (χ1v) is 10.9. The molecule has 1 aromatic carbocycles. The van der Waals surface area contributed by atoms with E-state index in [4.69, 9.17) is 0 Å². The van der Waals surface area contributed by atoms with Crippen molar-refractivity contribution in [3.05, 3.63) is 35.9 Å². The van der Waals surface area contributed by atoms with Gasteiger partial charge in [-0.25, -0.2) is 0 Å². The summed E-state index contributed by atoms with van der Waals surface area (Å²) in [6, 6.07) is 10.1. The fourth-order valence-electron chi connectivity index (χ4n) is 4.66. The molecule has 0 radical (unpaired) electrons. The van der Waals surface area contributed by atoms with Crippen molar-refractivity contribution in [2.45, 2.75) is 58.5 Å². The number of nitrogens with one attached hydrogen (secondary N) is 1. The predicted molar refractivity (Wildman–Crippen MR) is 112 cm³/mol. The Hall–Kier alpha value is -1.88. The minimum absolute atomic E-state index is 0.00131. The summed E-state index contributed by atoms with van der Waals surface area (Å²) >= 11 is 0. The SMILES string of the molecule is CC(C)C(=O)N1CCN([C@H](C(=O)N[C@H](C)c2ccccc2)C2CCCC2)CC1. The lowest BCUT2D eigenvalue weighted by atomic mass is 9.94. The van der Waals surface area contributed by atoms with Gasteiger partial charge in [0.1, 0.15) is 0 Å². The number of carbonyl (C=O) groups excluding carboxylic acids is 2. The maximum absolute atomic E-state index is 13.3. The highest BCUT2D eigenvalue weighted by atomic mass is 16.2. The fraction of sp³-hybridized carbons (Fsp3) is 0.652. The van der Waals surface area contributed by atoms with E-state index in [0.717, 1.165) is 44.6 Å². The Morgan fingerprint density at radius 1 is 0.964 bits per heavy atom. The lowest BCUT2D eigenvalue weighted by molar-refractivity contribution is -0.138. The Balaban J connectivity index is 1.66. The molecule has 0 unspecified atom stereocenters. The number of hydrogen-bond donors (Lipinski definition) is 1. The average Bonchev–Trinajstić information content (AvgIpc) is 3.23. The van der Waals surface area contributed by atoms with E-state index in [2.05, 4.69) is 29.3 Å². The van der Waals surface area contributed by atoms with Crippen LogP contribution in [-0.4, -0.2) is 53.8 Å². The quantitative estimate of drug-likeness (QED) is 0.818. The van der Waals surface area contributed by atoms with Gasteiger partial charge >= 0.3 is 0 Å². The van der Waals surface area contributed by atoms with Crippen molar-refractivity contribution in [1.82, 2.24) is 15.1 Å². The van der Waals surface area contributed by atoms with Gasteiger partial charge in [-0.2, -0.15) is 0 Å². The molecule has 1 saturated heterocycles. The summed E-state index contributed by atoms with van der Waals surface area (Å²) in [6.45, 7) is 8.98. The highest BCUT2D eigenvalue weighted by Crippen LogP contribution is 2.31. The van der Waals surface area contributed by atoms with E-state index in [-0.39, 0.29) is 29.8 Å². The van der Waals surface area contributed by atoms with Crippen molar-refractivity contribution in [1.29, 1.82) is 0 Å². The van der Waals surface area contributed by atoms with Crippen molar-refractivity contribution in [3.8, 4) is 0 Å². The average molecular weight is 386 g/mol. The molecule has 5 nitrogen and oxygen atoms in total. The molecular formula is C23H35N3O2. The van der Waals surface area contributed by atoms with E-state index in [1.807, 2.05) is 36.9 Å². The second-order valence-corrected chi connectivity index (χ2v) is 8.65. The van der Waals surface area contributed by atoms with Crippen molar-refractivity contribution >= 4 is 11.8 Å². The lowest BCUT2D eigenvalue weighted by Crippen LogP contribution is -2.58. The molecule has 0 spiro atoms. The molecule has 1 aliphatic carbocycles. The minimum Gasteiger partial charge on any atom is -0.348 e. The highest BCUT2D eigenvalue weighted by Gasteiger charge is 2.37. The normalized spacial score (nSPS) is 20.9. The molecule has 2 amide bonds. The van der Waals surface area contributed by atoms with Gasteiger partial charge in [0.15, 0.2) is 0 Å². The van der Waals surface area contributed by atoms with Gasteiger partial charge in [0.25, 0.3) is 0 Å². The largest absolute Gasteiger partial charge is 0.348 e. The first kappa shape index (κ1) is 20.8. The van der Waals surface area contributed by atoms with Gasteiger partial charge in [-0.05, 0) is 31.2 Å². The Labute approximate surface area is 169 Å². The molecule has 1 saturated carbocycles. The second kappa shape index (κ2) is 9.55. The summed E-state index contributed by atoms with van der Waals surface area (Å²) in [5.41, 5.74) is 1.13. The molecule has 2 aliphatic rings. The molecule has 2 fully saturated rings.